The van der Waals surface area contributed by atoms with Gasteiger partial charge in [0.1, 0.15) is 6.04 Å². The lowest BCUT2D eigenvalue weighted by molar-refractivity contribution is -0.151. The lowest BCUT2D eigenvalue weighted by Crippen LogP contribution is -2.51. The summed E-state index contributed by atoms with van der Waals surface area (Å²) in [5.74, 6) is -0.827. The molecule has 1 saturated heterocycles. The van der Waals surface area contributed by atoms with Gasteiger partial charge in [-0.2, -0.15) is 0 Å². The number of carboxylic acids is 1. The van der Waals surface area contributed by atoms with Crippen LogP contribution in [0.15, 0.2) is 24.3 Å². The number of carbonyl (C=O) groups is 1. The summed E-state index contributed by atoms with van der Waals surface area (Å²) in [5.41, 5.74) is 1.10. The zero-order valence-corrected chi connectivity index (χ0v) is 11.6. The quantitative estimate of drug-likeness (QED) is 0.923. The van der Waals surface area contributed by atoms with Crippen LogP contribution in [0.3, 0.4) is 0 Å². The van der Waals surface area contributed by atoms with E-state index in [4.69, 9.17) is 16.3 Å². The van der Waals surface area contributed by atoms with Crippen molar-refractivity contribution in [1.82, 2.24) is 4.90 Å². The van der Waals surface area contributed by atoms with E-state index in [9.17, 15) is 9.90 Å². The molecule has 0 bridgehead atoms. The molecule has 0 radical (unpaired) electrons. The smallest absolute Gasteiger partial charge is 0.323 e. The van der Waals surface area contributed by atoms with Gasteiger partial charge in [-0.1, -0.05) is 30.7 Å². The normalized spacial score (nSPS) is 22.1. The summed E-state index contributed by atoms with van der Waals surface area (Å²) in [7, 11) is 0. The third kappa shape index (κ3) is 3.26. The first-order valence-electron chi connectivity index (χ1n) is 6.45. The molecule has 4 nitrogen and oxygen atoms in total. The molecule has 1 heterocycles. The number of aliphatic carboxylic acids is 1. The van der Waals surface area contributed by atoms with Gasteiger partial charge in [0.15, 0.2) is 0 Å². The van der Waals surface area contributed by atoms with Crippen LogP contribution < -0.4 is 0 Å². The molecule has 1 N–H and O–H groups in total. The van der Waals surface area contributed by atoms with E-state index in [1.807, 2.05) is 29.2 Å². The highest BCUT2D eigenvalue weighted by Crippen LogP contribution is 2.28. The maximum Gasteiger partial charge on any atom is 0.323 e. The molecular weight excluding hydrogens is 266 g/mol. The van der Waals surface area contributed by atoms with Crippen molar-refractivity contribution in [2.45, 2.75) is 25.4 Å². The van der Waals surface area contributed by atoms with Crippen molar-refractivity contribution in [1.29, 1.82) is 0 Å². The first-order valence-corrected chi connectivity index (χ1v) is 6.83. The molecule has 1 aromatic carbocycles. The number of ether oxygens (including phenoxy) is 1. The molecule has 19 heavy (non-hydrogen) atoms. The largest absolute Gasteiger partial charge is 0.480 e. The van der Waals surface area contributed by atoms with Crippen molar-refractivity contribution in [3.8, 4) is 0 Å². The first-order chi connectivity index (χ1) is 9.13. The molecule has 0 aliphatic carbocycles. The van der Waals surface area contributed by atoms with Crippen LogP contribution >= 0.6 is 11.6 Å². The Balaban J connectivity index is 2.24. The molecule has 0 spiro atoms. The Labute approximate surface area is 117 Å². The third-order valence-electron chi connectivity index (χ3n) is 3.50. The van der Waals surface area contributed by atoms with Crippen molar-refractivity contribution >= 4 is 17.6 Å². The van der Waals surface area contributed by atoms with Crippen molar-refractivity contribution in [3.05, 3.63) is 34.9 Å². The van der Waals surface area contributed by atoms with E-state index >= 15 is 0 Å². The number of halogens is 1. The second-order valence-electron chi connectivity index (χ2n) is 4.64. The van der Waals surface area contributed by atoms with Crippen LogP contribution in [0.5, 0.6) is 0 Å². The average molecular weight is 284 g/mol. The Morgan fingerprint density at radius 2 is 2.21 bits per heavy atom. The molecule has 5 heteroatoms. The Hall–Kier alpha value is -1.10. The SMILES string of the molecule is CCC(c1ccc(Cl)cc1)N1CCOCC1C(=O)O. The molecule has 104 valence electrons. The van der Waals surface area contributed by atoms with E-state index in [1.54, 1.807) is 0 Å². The van der Waals surface area contributed by atoms with Gasteiger partial charge in [-0.3, -0.25) is 9.69 Å². The van der Waals surface area contributed by atoms with Gasteiger partial charge < -0.3 is 9.84 Å². The van der Waals surface area contributed by atoms with Crippen LogP contribution in [0.25, 0.3) is 0 Å². The van der Waals surface area contributed by atoms with Crippen molar-refractivity contribution < 1.29 is 14.6 Å². The predicted molar refractivity (Wildman–Crippen MR) is 73.4 cm³/mol. The van der Waals surface area contributed by atoms with Gasteiger partial charge in [0.05, 0.1) is 13.2 Å². The minimum absolute atomic E-state index is 0.0854. The zero-order chi connectivity index (χ0) is 13.8. The number of morpholine rings is 1. The molecule has 1 aliphatic rings. The van der Waals surface area contributed by atoms with Gasteiger partial charge in [-0.15, -0.1) is 0 Å². The van der Waals surface area contributed by atoms with Crippen LogP contribution in [0, 0.1) is 0 Å². The van der Waals surface area contributed by atoms with E-state index in [2.05, 4.69) is 6.92 Å². The van der Waals surface area contributed by atoms with Crippen LogP contribution in [-0.2, 0) is 9.53 Å². The topological polar surface area (TPSA) is 49.8 Å². The third-order valence-corrected chi connectivity index (χ3v) is 3.75. The fourth-order valence-electron chi connectivity index (χ4n) is 2.55. The van der Waals surface area contributed by atoms with Crippen LogP contribution in [0.4, 0.5) is 0 Å². The highest BCUT2D eigenvalue weighted by Gasteiger charge is 2.34. The number of carboxylic acid groups (broad SMARTS) is 1. The van der Waals surface area contributed by atoms with Gasteiger partial charge in [-0.25, -0.2) is 0 Å². The molecule has 2 rings (SSSR count). The summed E-state index contributed by atoms with van der Waals surface area (Å²) in [6.45, 7) is 3.53. The van der Waals surface area contributed by atoms with E-state index in [0.717, 1.165) is 12.0 Å². The van der Waals surface area contributed by atoms with Crippen LogP contribution in [-0.4, -0.2) is 41.8 Å². The number of nitrogens with zero attached hydrogens (tertiary/aromatic N) is 1. The van der Waals surface area contributed by atoms with E-state index in [-0.39, 0.29) is 12.6 Å². The summed E-state index contributed by atoms with van der Waals surface area (Å²) < 4.78 is 5.28. The maximum atomic E-state index is 11.3. The molecule has 2 unspecified atom stereocenters. The summed E-state index contributed by atoms with van der Waals surface area (Å²) >= 11 is 5.90. The van der Waals surface area contributed by atoms with Gasteiger partial charge in [0, 0.05) is 17.6 Å². The fraction of sp³-hybridized carbons (Fsp3) is 0.500. The average Bonchev–Trinajstić information content (AvgIpc) is 2.42. The molecule has 1 fully saturated rings. The monoisotopic (exact) mass is 283 g/mol. The second kappa shape index (κ2) is 6.37. The molecule has 0 aromatic heterocycles. The molecular formula is C14H18ClNO3. The Bertz CT molecular complexity index is 435. The van der Waals surface area contributed by atoms with E-state index in [0.29, 0.717) is 18.2 Å². The van der Waals surface area contributed by atoms with Gasteiger partial charge >= 0.3 is 5.97 Å². The lowest BCUT2D eigenvalue weighted by atomic mass is 10.00. The minimum Gasteiger partial charge on any atom is -0.480 e. The molecule has 0 amide bonds. The molecule has 1 aliphatic heterocycles. The summed E-state index contributed by atoms with van der Waals surface area (Å²) in [6, 6.07) is 7.12. The van der Waals surface area contributed by atoms with Gasteiger partial charge in [-0.05, 0) is 24.1 Å². The van der Waals surface area contributed by atoms with Gasteiger partial charge in [0.25, 0.3) is 0 Å². The summed E-state index contributed by atoms with van der Waals surface area (Å²) in [5, 5.41) is 9.99. The van der Waals surface area contributed by atoms with Crippen LogP contribution in [0.1, 0.15) is 24.9 Å². The summed E-state index contributed by atoms with van der Waals surface area (Å²) in [6.07, 6.45) is 0.853. The standard InChI is InChI=1S/C14H18ClNO3/c1-2-12(10-3-5-11(15)6-4-10)16-7-8-19-9-13(16)14(17)18/h3-6,12-13H,2,7-9H2,1H3,(H,17,18). The molecule has 2 atom stereocenters. The van der Waals surface area contributed by atoms with Gasteiger partial charge in [0.2, 0.25) is 0 Å². The second-order valence-corrected chi connectivity index (χ2v) is 5.08. The van der Waals surface area contributed by atoms with Crippen molar-refractivity contribution in [2.24, 2.45) is 0 Å². The highest BCUT2D eigenvalue weighted by molar-refractivity contribution is 6.30. The predicted octanol–water partition coefficient (Wildman–Crippen LogP) is 2.58. The Morgan fingerprint density at radius 1 is 1.53 bits per heavy atom. The number of hydrogen-bond acceptors (Lipinski definition) is 3. The van der Waals surface area contributed by atoms with E-state index in [1.165, 1.54) is 0 Å². The molecule has 1 aromatic rings. The fourth-order valence-corrected chi connectivity index (χ4v) is 2.68. The lowest BCUT2D eigenvalue weighted by Gasteiger charge is -2.38. The highest BCUT2D eigenvalue weighted by atomic mass is 35.5. The van der Waals surface area contributed by atoms with Crippen molar-refractivity contribution in [2.75, 3.05) is 19.8 Å². The summed E-state index contributed by atoms with van der Waals surface area (Å²) in [4.78, 5) is 13.3. The number of hydrogen-bond donors (Lipinski definition) is 1. The zero-order valence-electron chi connectivity index (χ0n) is 10.9. The van der Waals surface area contributed by atoms with Crippen molar-refractivity contribution in [3.63, 3.8) is 0 Å². The Morgan fingerprint density at radius 3 is 2.79 bits per heavy atom. The first kappa shape index (κ1) is 14.3. The molecule has 0 saturated carbocycles. The van der Waals surface area contributed by atoms with E-state index < -0.39 is 12.0 Å². The van der Waals surface area contributed by atoms with Crippen LogP contribution in [0.2, 0.25) is 5.02 Å². The number of benzene rings is 1. The number of rotatable bonds is 4. The Kier molecular flexibility index (Phi) is 4.80. The minimum atomic E-state index is -0.827. The maximum absolute atomic E-state index is 11.3.